The number of cyclic esters (lactones) is 1. The molecule has 0 bridgehead atoms. The molecule has 3 aromatic rings. The summed E-state index contributed by atoms with van der Waals surface area (Å²) < 4.78 is 38.2. The Kier molecular flexibility index (Phi) is 8.85. The van der Waals surface area contributed by atoms with E-state index in [-0.39, 0.29) is 42.7 Å². The Labute approximate surface area is 268 Å². The molecule has 4 heterocycles. The molecule has 0 spiro atoms. The molecule has 3 fully saturated rings. The van der Waals surface area contributed by atoms with E-state index in [0.717, 1.165) is 17.8 Å². The Hall–Kier alpha value is -4.65. The first-order valence-electron chi connectivity index (χ1n) is 15.5. The van der Waals surface area contributed by atoms with Gasteiger partial charge < -0.3 is 19.3 Å². The van der Waals surface area contributed by atoms with Crippen molar-refractivity contribution in [1.82, 2.24) is 9.88 Å². The summed E-state index contributed by atoms with van der Waals surface area (Å²) in [5.74, 6) is 0.0515. The molecule has 242 valence electrons. The van der Waals surface area contributed by atoms with E-state index >= 15 is 0 Å². The molecule has 3 aliphatic rings. The minimum Gasteiger partial charge on any atom is -0.460 e. The first-order valence-corrected chi connectivity index (χ1v) is 17.1. The van der Waals surface area contributed by atoms with Gasteiger partial charge in [0, 0.05) is 44.6 Å². The maximum Gasteiger partial charge on any atom is 0.414 e. The number of benzene rings is 2. The fourth-order valence-electron chi connectivity index (χ4n) is 6.14. The molecule has 3 saturated heterocycles. The molecule has 46 heavy (non-hydrogen) atoms. The van der Waals surface area contributed by atoms with Crippen molar-refractivity contribution in [3.63, 3.8) is 0 Å². The van der Waals surface area contributed by atoms with Gasteiger partial charge in [-0.3, -0.25) is 14.0 Å². The van der Waals surface area contributed by atoms with Gasteiger partial charge in [0.2, 0.25) is 10.0 Å². The van der Waals surface area contributed by atoms with Gasteiger partial charge in [-0.05, 0) is 61.2 Å². The molecule has 2 amide bonds. The van der Waals surface area contributed by atoms with Crippen molar-refractivity contribution in [2.24, 2.45) is 0 Å². The van der Waals surface area contributed by atoms with E-state index in [0.29, 0.717) is 43.9 Å². The van der Waals surface area contributed by atoms with Gasteiger partial charge in [0.15, 0.2) is 0 Å². The van der Waals surface area contributed by atoms with Crippen LogP contribution in [-0.2, 0) is 25.9 Å². The van der Waals surface area contributed by atoms with E-state index in [4.69, 9.17) is 9.47 Å². The summed E-state index contributed by atoms with van der Waals surface area (Å²) in [6.07, 6.45) is 2.57. The van der Waals surface area contributed by atoms with Crippen LogP contribution in [0.2, 0.25) is 0 Å². The van der Waals surface area contributed by atoms with Crippen molar-refractivity contribution in [2.75, 3.05) is 65.8 Å². The highest BCUT2D eigenvalue weighted by molar-refractivity contribution is 7.93. The average Bonchev–Trinajstić information content (AvgIpc) is 3.63. The summed E-state index contributed by atoms with van der Waals surface area (Å²) in [5, 5.41) is 0. The van der Waals surface area contributed by atoms with Crippen LogP contribution in [-0.4, -0.2) is 94.0 Å². The van der Waals surface area contributed by atoms with Crippen LogP contribution in [0, 0.1) is 6.92 Å². The van der Waals surface area contributed by atoms with Gasteiger partial charge in [-0.15, -0.1) is 0 Å². The molecule has 6 rings (SSSR count). The predicted molar refractivity (Wildman–Crippen MR) is 173 cm³/mol. The second kappa shape index (κ2) is 13.0. The summed E-state index contributed by atoms with van der Waals surface area (Å²) in [5.41, 5.74) is 3.44. The van der Waals surface area contributed by atoms with Gasteiger partial charge in [-0.1, -0.05) is 31.2 Å². The number of hydrogen-bond acceptors (Lipinski definition) is 9. The molecule has 0 N–H and O–H groups in total. The number of aryl methyl sites for hydroxylation is 2. The van der Waals surface area contributed by atoms with Gasteiger partial charge in [-0.25, -0.2) is 23.0 Å². The number of esters is 1. The molecule has 0 aliphatic carbocycles. The molecule has 12 nitrogen and oxygen atoms in total. The average molecular weight is 648 g/mol. The lowest BCUT2D eigenvalue weighted by molar-refractivity contribution is 0.0475. The van der Waals surface area contributed by atoms with E-state index in [9.17, 15) is 22.8 Å². The van der Waals surface area contributed by atoms with Crippen molar-refractivity contribution >= 4 is 45.2 Å². The quantitative estimate of drug-likeness (QED) is 0.337. The van der Waals surface area contributed by atoms with Crippen molar-refractivity contribution in [1.29, 1.82) is 0 Å². The number of pyridine rings is 1. The summed E-state index contributed by atoms with van der Waals surface area (Å²) in [4.78, 5) is 49.3. The lowest BCUT2D eigenvalue weighted by Gasteiger charge is -2.36. The maximum absolute atomic E-state index is 14.0. The number of nitrogens with zero attached hydrogens (tertiary/aromatic N) is 5. The van der Waals surface area contributed by atoms with E-state index < -0.39 is 28.1 Å². The minimum atomic E-state index is -3.66. The molecule has 1 aromatic heterocycles. The van der Waals surface area contributed by atoms with Crippen molar-refractivity contribution in [3.05, 3.63) is 83.0 Å². The summed E-state index contributed by atoms with van der Waals surface area (Å²) >= 11 is 0. The van der Waals surface area contributed by atoms with Crippen LogP contribution in [0.25, 0.3) is 0 Å². The fourth-order valence-corrected chi connectivity index (χ4v) is 7.71. The summed E-state index contributed by atoms with van der Waals surface area (Å²) in [6.45, 7) is 6.27. The highest BCUT2D eigenvalue weighted by Gasteiger charge is 2.38. The van der Waals surface area contributed by atoms with Crippen LogP contribution in [0.15, 0.2) is 60.8 Å². The highest BCUT2D eigenvalue weighted by Crippen LogP contribution is 2.35. The number of anilines is 3. The fraction of sp³-hybridized carbons (Fsp3) is 0.394. The molecule has 1 atom stereocenters. The number of amides is 2. The number of piperazine rings is 1. The molecular weight excluding hydrogens is 610 g/mol. The zero-order valence-corrected chi connectivity index (χ0v) is 26.7. The van der Waals surface area contributed by atoms with Crippen LogP contribution in [0.1, 0.15) is 45.2 Å². The highest BCUT2D eigenvalue weighted by atomic mass is 32.2. The number of carbonyl (C=O) groups is 3. The number of hydrogen-bond donors (Lipinski definition) is 0. The number of sulfonamides is 1. The van der Waals surface area contributed by atoms with Crippen LogP contribution in [0.3, 0.4) is 0 Å². The van der Waals surface area contributed by atoms with Gasteiger partial charge in [0.25, 0.3) is 5.91 Å². The first kappa shape index (κ1) is 31.3. The number of rotatable bonds is 8. The summed E-state index contributed by atoms with van der Waals surface area (Å²) in [7, 11) is -3.66. The molecule has 0 saturated carbocycles. The molecular formula is C33H37N5O7S. The second-order valence-corrected chi connectivity index (χ2v) is 13.6. The van der Waals surface area contributed by atoms with Gasteiger partial charge in [-0.2, -0.15) is 0 Å². The van der Waals surface area contributed by atoms with E-state index in [1.54, 1.807) is 53.4 Å². The second-order valence-electron chi connectivity index (χ2n) is 11.6. The van der Waals surface area contributed by atoms with Crippen LogP contribution in [0.5, 0.6) is 0 Å². The lowest BCUT2D eigenvalue weighted by Crippen LogP contribution is -2.49. The third kappa shape index (κ3) is 6.23. The SMILES string of the molecule is CCc1cnc(N2CCN(C(=O)c3ccc(N4C(=O)OC[C@H]4COC(=O)c4ccccc4)cc3N3CCCS3(=O)=O)CC2)c(C)c1. The third-order valence-corrected chi connectivity index (χ3v) is 10.5. The standard InChI is InChI=1S/C33H37N5O7S/c1-3-24-18-23(2)30(34-20-24)35-13-15-36(16-14-35)31(39)28-11-10-26(19-29(28)37-12-7-17-46(37,42)43)38-27(22-45-33(38)41)21-44-32(40)25-8-5-4-6-9-25/h4-6,8-11,18-20,27H,3,7,12-17,21-22H2,1-2H3/t27-/m1/s1. The van der Waals surface area contributed by atoms with Crippen molar-refractivity contribution in [3.8, 4) is 0 Å². The number of carbonyl (C=O) groups excluding carboxylic acids is 3. The Morgan fingerprint density at radius 1 is 1.02 bits per heavy atom. The van der Waals surface area contributed by atoms with Gasteiger partial charge in [0.05, 0.1) is 22.6 Å². The molecule has 13 heteroatoms. The third-order valence-electron chi connectivity index (χ3n) is 8.62. The van der Waals surface area contributed by atoms with Crippen LogP contribution in [0.4, 0.5) is 22.0 Å². The Morgan fingerprint density at radius 2 is 1.78 bits per heavy atom. The molecule has 2 aromatic carbocycles. The monoisotopic (exact) mass is 647 g/mol. The number of ether oxygens (including phenoxy) is 2. The Morgan fingerprint density at radius 3 is 2.46 bits per heavy atom. The van der Waals surface area contributed by atoms with Crippen LogP contribution >= 0.6 is 0 Å². The van der Waals surface area contributed by atoms with Crippen molar-refractivity contribution in [2.45, 2.75) is 32.7 Å². The maximum atomic E-state index is 14.0. The zero-order valence-electron chi connectivity index (χ0n) is 25.9. The minimum absolute atomic E-state index is 0.0152. The van der Waals surface area contributed by atoms with E-state index in [2.05, 4.69) is 22.9 Å². The smallest absolute Gasteiger partial charge is 0.414 e. The normalized spacial score (nSPS) is 19.3. The molecule has 0 radical (unpaired) electrons. The van der Waals surface area contributed by atoms with Crippen LogP contribution < -0.4 is 14.1 Å². The lowest BCUT2D eigenvalue weighted by atomic mass is 10.1. The van der Waals surface area contributed by atoms with E-state index in [1.165, 1.54) is 14.8 Å². The van der Waals surface area contributed by atoms with Gasteiger partial charge >= 0.3 is 12.1 Å². The zero-order chi connectivity index (χ0) is 32.4. The predicted octanol–water partition coefficient (Wildman–Crippen LogP) is 3.64. The van der Waals surface area contributed by atoms with Crippen molar-refractivity contribution < 1.29 is 32.3 Å². The number of aromatic nitrogens is 1. The van der Waals surface area contributed by atoms with Gasteiger partial charge in [0.1, 0.15) is 25.1 Å². The Bertz CT molecular complexity index is 1740. The summed E-state index contributed by atoms with van der Waals surface area (Å²) in [6, 6.07) is 14.7. The Balaban J connectivity index is 1.23. The largest absolute Gasteiger partial charge is 0.460 e. The molecule has 0 unspecified atom stereocenters. The van der Waals surface area contributed by atoms with E-state index in [1.807, 2.05) is 13.1 Å². The molecule has 3 aliphatic heterocycles. The first-order chi connectivity index (χ1) is 22.2. The topological polar surface area (TPSA) is 130 Å².